The molecule has 1 heterocycles. The highest BCUT2D eigenvalue weighted by Gasteiger charge is 2.35. The van der Waals surface area contributed by atoms with Crippen LogP contribution in [0.25, 0.3) is 10.8 Å². The van der Waals surface area contributed by atoms with Crippen molar-refractivity contribution in [3.63, 3.8) is 0 Å². The Kier molecular flexibility index (Phi) is 6.00. The van der Waals surface area contributed by atoms with Gasteiger partial charge in [0.15, 0.2) is 5.71 Å². The van der Waals surface area contributed by atoms with E-state index < -0.39 is 5.91 Å². The first-order valence-electron chi connectivity index (χ1n) is 11.2. The standard InChI is InChI=1S/C28H23N3O5/c1-35-22-11-17(12-23(15-22)36-2)16-31-25-10-9-21(14-24(25)26(30-34)28(31)33)29-27(32)20-8-7-18-5-3-4-6-19(18)13-20/h3-15,34H,16H2,1-2H3,(H,29,32)/b30-26-. The Morgan fingerprint density at radius 1 is 0.917 bits per heavy atom. The summed E-state index contributed by atoms with van der Waals surface area (Å²) in [7, 11) is 3.11. The van der Waals surface area contributed by atoms with E-state index in [-0.39, 0.29) is 18.2 Å². The van der Waals surface area contributed by atoms with Crippen LogP contribution in [0.5, 0.6) is 11.5 Å². The summed E-state index contributed by atoms with van der Waals surface area (Å²) in [4.78, 5) is 27.5. The number of hydrogen-bond acceptors (Lipinski definition) is 6. The number of nitrogens with one attached hydrogen (secondary N) is 1. The van der Waals surface area contributed by atoms with Crippen LogP contribution in [-0.4, -0.2) is 37.0 Å². The Hall–Kier alpha value is -4.85. The van der Waals surface area contributed by atoms with Crippen LogP contribution < -0.4 is 19.7 Å². The number of amides is 2. The smallest absolute Gasteiger partial charge is 0.281 e. The number of carbonyl (C=O) groups is 2. The van der Waals surface area contributed by atoms with Gasteiger partial charge in [0.05, 0.1) is 26.5 Å². The van der Waals surface area contributed by atoms with E-state index in [1.54, 1.807) is 44.6 Å². The van der Waals surface area contributed by atoms with E-state index in [4.69, 9.17) is 9.47 Å². The number of ether oxygens (including phenoxy) is 2. The summed E-state index contributed by atoms with van der Waals surface area (Å²) in [5, 5.41) is 17.7. The Balaban J connectivity index is 1.42. The molecular weight excluding hydrogens is 458 g/mol. The average molecular weight is 482 g/mol. The minimum Gasteiger partial charge on any atom is -0.497 e. The largest absolute Gasteiger partial charge is 0.497 e. The lowest BCUT2D eigenvalue weighted by atomic mass is 10.1. The van der Waals surface area contributed by atoms with Crippen molar-refractivity contribution in [1.29, 1.82) is 0 Å². The zero-order chi connectivity index (χ0) is 25.2. The van der Waals surface area contributed by atoms with Gasteiger partial charge in [0.2, 0.25) is 0 Å². The van der Waals surface area contributed by atoms with Gasteiger partial charge in [-0.2, -0.15) is 0 Å². The predicted octanol–water partition coefficient (Wildman–Crippen LogP) is 4.83. The van der Waals surface area contributed by atoms with Gasteiger partial charge in [-0.25, -0.2) is 0 Å². The molecule has 1 aliphatic rings. The summed E-state index contributed by atoms with van der Waals surface area (Å²) in [6, 6.07) is 23.7. The molecule has 180 valence electrons. The highest BCUT2D eigenvalue weighted by Crippen LogP contribution is 2.34. The maximum absolute atomic E-state index is 13.1. The highest BCUT2D eigenvalue weighted by molar-refractivity contribution is 6.54. The number of hydrogen-bond donors (Lipinski definition) is 2. The minimum atomic E-state index is -0.452. The zero-order valence-electron chi connectivity index (χ0n) is 19.7. The molecule has 8 nitrogen and oxygen atoms in total. The first-order chi connectivity index (χ1) is 17.5. The first kappa shape index (κ1) is 22.9. The summed E-state index contributed by atoms with van der Waals surface area (Å²) < 4.78 is 10.7. The predicted molar refractivity (Wildman–Crippen MR) is 137 cm³/mol. The van der Waals surface area contributed by atoms with E-state index in [1.807, 2.05) is 48.5 Å². The maximum Gasteiger partial charge on any atom is 0.281 e. The second kappa shape index (κ2) is 9.42. The van der Waals surface area contributed by atoms with Crippen molar-refractivity contribution in [2.24, 2.45) is 5.16 Å². The lowest BCUT2D eigenvalue weighted by molar-refractivity contribution is -0.112. The number of methoxy groups -OCH3 is 2. The van der Waals surface area contributed by atoms with Crippen LogP contribution >= 0.6 is 0 Å². The van der Waals surface area contributed by atoms with Crippen molar-refractivity contribution < 1.29 is 24.3 Å². The third-order valence-corrected chi connectivity index (χ3v) is 6.11. The number of carbonyl (C=O) groups excluding carboxylic acids is 2. The molecule has 5 rings (SSSR count). The van der Waals surface area contributed by atoms with Gasteiger partial charge in [0.1, 0.15) is 11.5 Å². The number of benzene rings is 4. The number of nitrogens with zero attached hydrogens (tertiary/aromatic N) is 2. The van der Waals surface area contributed by atoms with Gasteiger partial charge in [-0.15, -0.1) is 0 Å². The van der Waals surface area contributed by atoms with Crippen molar-refractivity contribution in [2.75, 3.05) is 24.4 Å². The van der Waals surface area contributed by atoms with Crippen molar-refractivity contribution in [3.8, 4) is 11.5 Å². The van der Waals surface area contributed by atoms with Crippen LogP contribution in [0.15, 0.2) is 84.0 Å². The van der Waals surface area contributed by atoms with Crippen molar-refractivity contribution in [2.45, 2.75) is 6.54 Å². The first-order valence-corrected chi connectivity index (χ1v) is 11.2. The Labute approximate surface area is 207 Å². The van der Waals surface area contributed by atoms with Crippen LogP contribution in [0.2, 0.25) is 0 Å². The topological polar surface area (TPSA) is 100 Å². The SMILES string of the molecule is COc1cc(CN2C(=O)/C(=N\O)c3cc(NC(=O)c4ccc5ccccc5c4)ccc32)cc(OC)c1. The lowest BCUT2D eigenvalue weighted by Crippen LogP contribution is -2.29. The van der Waals surface area contributed by atoms with Crippen LogP contribution in [0.1, 0.15) is 21.5 Å². The molecule has 2 N–H and O–H groups in total. The molecule has 36 heavy (non-hydrogen) atoms. The summed E-state index contributed by atoms with van der Waals surface area (Å²) in [5.74, 6) is 0.457. The Morgan fingerprint density at radius 2 is 1.64 bits per heavy atom. The fourth-order valence-electron chi connectivity index (χ4n) is 4.32. The molecule has 0 spiro atoms. The van der Waals surface area contributed by atoms with Gasteiger partial charge >= 0.3 is 0 Å². The maximum atomic E-state index is 13.1. The zero-order valence-corrected chi connectivity index (χ0v) is 19.7. The van der Waals surface area contributed by atoms with E-state index in [1.165, 1.54) is 4.90 Å². The molecule has 0 radical (unpaired) electrons. The molecule has 1 aliphatic heterocycles. The Bertz CT molecular complexity index is 1510. The van der Waals surface area contributed by atoms with Crippen LogP contribution in [-0.2, 0) is 11.3 Å². The molecule has 0 bridgehead atoms. The van der Waals surface area contributed by atoms with Gasteiger partial charge in [-0.1, -0.05) is 35.5 Å². The van der Waals surface area contributed by atoms with Gasteiger partial charge in [0.25, 0.3) is 11.8 Å². The molecule has 4 aromatic rings. The van der Waals surface area contributed by atoms with E-state index in [2.05, 4.69) is 10.5 Å². The number of rotatable bonds is 6. The van der Waals surface area contributed by atoms with E-state index in [0.29, 0.717) is 34.0 Å². The van der Waals surface area contributed by atoms with Crippen molar-refractivity contribution >= 4 is 39.7 Å². The van der Waals surface area contributed by atoms with Crippen LogP contribution in [0.4, 0.5) is 11.4 Å². The molecule has 0 saturated carbocycles. The Morgan fingerprint density at radius 3 is 2.33 bits per heavy atom. The number of fused-ring (bicyclic) bond motifs is 2. The molecule has 0 atom stereocenters. The van der Waals surface area contributed by atoms with Gasteiger partial charge in [-0.3, -0.25) is 9.59 Å². The molecule has 2 amide bonds. The summed E-state index contributed by atoms with van der Waals surface area (Å²) in [6.07, 6.45) is 0. The fraction of sp³-hybridized carbons (Fsp3) is 0.107. The minimum absolute atomic E-state index is 0.0957. The number of anilines is 2. The second-order valence-corrected chi connectivity index (χ2v) is 8.31. The van der Waals surface area contributed by atoms with Gasteiger partial charge in [-0.05, 0) is 58.8 Å². The summed E-state index contributed by atoms with van der Waals surface area (Å²) >= 11 is 0. The molecule has 8 heteroatoms. The molecule has 0 aromatic heterocycles. The van der Waals surface area contributed by atoms with E-state index in [0.717, 1.165) is 16.3 Å². The van der Waals surface area contributed by atoms with Gasteiger partial charge < -0.3 is 24.9 Å². The highest BCUT2D eigenvalue weighted by atomic mass is 16.5. The molecule has 0 saturated heterocycles. The monoisotopic (exact) mass is 481 g/mol. The number of oxime groups is 1. The average Bonchev–Trinajstić information content (AvgIpc) is 3.17. The fourth-order valence-corrected chi connectivity index (χ4v) is 4.32. The van der Waals surface area contributed by atoms with Crippen molar-refractivity contribution in [1.82, 2.24) is 0 Å². The molecule has 0 aliphatic carbocycles. The molecular formula is C28H23N3O5. The van der Waals surface area contributed by atoms with Gasteiger partial charge in [0, 0.05) is 22.9 Å². The summed E-state index contributed by atoms with van der Waals surface area (Å²) in [6.45, 7) is 0.210. The summed E-state index contributed by atoms with van der Waals surface area (Å²) in [5.41, 5.74) is 2.66. The van der Waals surface area contributed by atoms with E-state index in [9.17, 15) is 14.8 Å². The van der Waals surface area contributed by atoms with Crippen LogP contribution in [0.3, 0.4) is 0 Å². The second-order valence-electron chi connectivity index (χ2n) is 8.31. The molecule has 0 unspecified atom stereocenters. The molecule has 4 aromatic carbocycles. The van der Waals surface area contributed by atoms with Crippen LogP contribution in [0, 0.1) is 0 Å². The van der Waals surface area contributed by atoms with Crippen molar-refractivity contribution in [3.05, 3.63) is 95.6 Å². The molecule has 0 fully saturated rings. The lowest BCUT2D eigenvalue weighted by Gasteiger charge is -2.18. The third-order valence-electron chi connectivity index (χ3n) is 6.11. The van der Waals surface area contributed by atoms with E-state index >= 15 is 0 Å². The normalized spacial score (nSPS) is 13.7. The third kappa shape index (κ3) is 4.20. The quantitative estimate of drug-likeness (QED) is 0.303.